The van der Waals surface area contributed by atoms with Crippen molar-refractivity contribution in [2.75, 3.05) is 11.1 Å². The number of ether oxygens (including phenoxy) is 1. The summed E-state index contributed by atoms with van der Waals surface area (Å²) in [5, 5.41) is 13.1. The molecule has 0 bridgehead atoms. The molecule has 0 saturated carbocycles. The van der Waals surface area contributed by atoms with Gasteiger partial charge in [0.05, 0.1) is 15.8 Å². The van der Waals surface area contributed by atoms with Crippen LogP contribution in [-0.2, 0) is 11.3 Å². The minimum Gasteiger partial charge on any atom is -0.481 e. The molecule has 3 rings (SSSR count). The third-order valence-electron chi connectivity index (χ3n) is 3.95. The van der Waals surface area contributed by atoms with Gasteiger partial charge in [0.25, 0.3) is 0 Å². The van der Waals surface area contributed by atoms with Crippen LogP contribution in [0.2, 0.25) is 15.1 Å². The molecule has 0 saturated heterocycles. The third-order valence-corrected chi connectivity index (χ3v) is 5.67. The highest BCUT2D eigenvalue weighted by molar-refractivity contribution is 7.99. The number of carbonyl (C=O) groups is 1. The zero-order chi connectivity index (χ0) is 22.4. The zero-order valence-corrected chi connectivity index (χ0v) is 19.5. The molecule has 11 heteroatoms. The van der Waals surface area contributed by atoms with Gasteiger partial charge in [-0.3, -0.25) is 9.36 Å². The van der Waals surface area contributed by atoms with Gasteiger partial charge in [0.2, 0.25) is 5.91 Å². The second-order valence-corrected chi connectivity index (χ2v) is 8.50. The van der Waals surface area contributed by atoms with Crippen LogP contribution in [-0.4, -0.2) is 31.4 Å². The van der Waals surface area contributed by atoms with E-state index in [9.17, 15) is 4.79 Å². The van der Waals surface area contributed by atoms with Gasteiger partial charge in [0, 0.05) is 17.8 Å². The predicted octanol–water partition coefficient (Wildman–Crippen LogP) is 5.69. The lowest BCUT2D eigenvalue weighted by molar-refractivity contribution is -0.113. The molecule has 31 heavy (non-hydrogen) atoms. The molecule has 7 nitrogen and oxygen atoms in total. The lowest BCUT2D eigenvalue weighted by Crippen LogP contribution is -2.16. The van der Waals surface area contributed by atoms with E-state index < -0.39 is 6.10 Å². The first-order valence-electron chi connectivity index (χ1n) is 9.07. The van der Waals surface area contributed by atoms with E-state index in [-0.39, 0.29) is 11.7 Å². The van der Waals surface area contributed by atoms with Crippen molar-refractivity contribution in [2.45, 2.75) is 24.7 Å². The van der Waals surface area contributed by atoms with Crippen molar-refractivity contribution in [2.24, 2.45) is 0 Å². The molecule has 0 aliphatic carbocycles. The molecule has 0 aliphatic rings. The quantitative estimate of drug-likeness (QED) is 0.301. The van der Waals surface area contributed by atoms with Crippen molar-refractivity contribution < 1.29 is 9.53 Å². The van der Waals surface area contributed by atoms with Gasteiger partial charge in [-0.25, -0.2) is 4.98 Å². The van der Waals surface area contributed by atoms with Crippen molar-refractivity contribution in [1.29, 1.82) is 0 Å². The summed E-state index contributed by atoms with van der Waals surface area (Å²) in [6, 6.07) is 8.28. The van der Waals surface area contributed by atoms with Crippen molar-refractivity contribution in [3.8, 4) is 5.75 Å². The van der Waals surface area contributed by atoms with Crippen LogP contribution in [0.1, 0.15) is 18.9 Å². The second-order valence-electron chi connectivity index (χ2n) is 6.27. The maximum Gasteiger partial charge on any atom is 0.236 e. The first-order chi connectivity index (χ1) is 14.9. The largest absolute Gasteiger partial charge is 0.481 e. The van der Waals surface area contributed by atoms with E-state index in [1.54, 1.807) is 36.4 Å². The molecule has 3 aromatic rings. The summed E-state index contributed by atoms with van der Waals surface area (Å²) in [5.74, 6) is 1.37. The van der Waals surface area contributed by atoms with Gasteiger partial charge in [-0.2, -0.15) is 0 Å². The van der Waals surface area contributed by atoms with E-state index in [2.05, 4.69) is 27.1 Å². The summed E-state index contributed by atoms with van der Waals surface area (Å²) >= 11 is 19.2. The smallest absolute Gasteiger partial charge is 0.236 e. The summed E-state index contributed by atoms with van der Waals surface area (Å²) < 4.78 is 7.78. The Hall–Kier alpha value is -2.26. The van der Waals surface area contributed by atoms with Crippen LogP contribution in [0.4, 0.5) is 5.82 Å². The zero-order valence-electron chi connectivity index (χ0n) is 16.4. The average Bonchev–Trinajstić information content (AvgIpc) is 3.13. The Morgan fingerprint density at radius 2 is 2.03 bits per heavy atom. The lowest BCUT2D eigenvalue weighted by atomic mass is 10.3. The number of hydrogen-bond donors (Lipinski definition) is 1. The minimum absolute atomic E-state index is 0.123. The standard InChI is InChI=1S/C20H18Cl3N5O2S/c1-3-8-28-19(12(2)30-16-6-4-13(21)9-15(16)23)26-27-20(28)31-11-18(29)25-17-7-5-14(22)10-24-17/h3-7,9-10,12H,1,8,11H2,2H3,(H,24,25,29). The SMILES string of the molecule is C=CCn1c(SCC(=O)Nc2ccc(Cl)cn2)nnc1C(C)Oc1ccc(Cl)cc1Cl. The molecule has 0 fully saturated rings. The Bertz CT molecular complexity index is 1080. The number of allylic oxidation sites excluding steroid dienone is 1. The number of carbonyl (C=O) groups excluding carboxylic acids is 1. The molecular weight excluding hydrogens is 481 g/mol. The number of pyridine rings is 1. The van der Waals surface area contributed by atoms with Crippen LogP contribution >= 0.6 is 46.6 Å². The number of aromatic nitrogens is 4. The third kappa shape index (κ3) is 6.36. The molecule has 162 valence electrons. The topological polar surface area (TPSA) is 81.9 Å². The van der Waals surface area contributed by atoms with E-state index in [1.165, 1.54) is 18.0 Å². The van der Waals surface area contributed by atoms with Crippen molar-refractivity contribution in [3.63, 3.8) is 0 Å². The highest BCUT2D eigenvalue weighted by Crippen LogP contribution is 2.31. The molecule has 0 aliphatic heterocycles. The van der Waals surface area contributed by atoms with Gasteiger partial charge >= 0.3 is 0 Å². The van der Waals surface area contributed by atoms with Gasteiger partial charge in [-0.05, 0) is 37.3 Å². The first-order valence-corrected chi connectivity index (χ1v) is 11.2. The monoisotopic (exact) mass is 497 g/mol. The Morgan fingerprint density at radius 3 is 2.71 bits per heavy atom. The van der Waals surface area contributed by atoms with Gasteiger partial charge < -0.3 is 10.1 Å². The maximum atomic E-state index is 12.3. The number of nitrogens with one attached hydrogen (secondary N) is 1. The van der Waals surface area contributed by atoms with Crippen molar-refractivity contribution in [1.82, 2.24) is 19.7 Å². The second kappa shape index (κ2) is 10.9. The fourth-order valence-electron chi connectivity index (χ4n) is 2.58. The number of rotatable bonds is 9. The van der Waals surface area contributed by atoms with Gasteiger partial charge in [-0.1, -0.05) is 52.6 Å². The number of thioether (sulfide) groups is 1. The number of nitrogens with zero attached hydrogens (tertiary/aromatic N) is 4. The van der Waals surface area contributed by atoms with Crippen molar-refractivity contribution >= 4 is 58.3 Å². The Balaban J connectivity index is 1.68. The Morgan fingerprint density at radius 1 is 1.26 bits per heavy atom. The highest BCUT2D eigenvalue weighted by Gasteiger charge is 2.20. The summed E-state index contributed by atoms with van der Waals surface area (Å²) in [5.41, 5.74) is 0. The van der Waals surface area contributed by atoms with E-state index in [1.807, 2.05) is 11.5 Å². The predicted molar refractivity (Wildman–Crippen MR) is 124 cm³/mol. The molecule has 1 unspecified atom stereocenters. The number of hydrogen-bond acceptors (Lipinski definition) is 6. The number of anilines is 1. The fourth-order valence-corrected chi connectivity index (χ4v) is 3.90. The number of halogens is 3. The van der Waals surface area contributed by atoms with Crippen LogP contribution in [0.15, 0.2) is 54.3 Å². The number of benzene rings is 1. The molecular formula is C20H18Cl3N5O2S. The average molecular weight is 499 g/mol. The van der Waals surface area contributed by atoms with E-state index in [0.29, 0.717) is 44.2 Å². The van der Waals surface area contributed by atoms with Gasteiger partial charge in [0.15, 0.2) is 17.1 Å². The van der Waals surface area contributed by atoms with Crippen LogP contribution < -0.4 is 10.1 Å². The molecule has 0 radical (unpaired) electrons. The highest BCUT2D eigenvalue weighted by atomic mass is 35.5. The van der Waals surface area contributed by atoms with E-state index >= 15 is 0 Å². The normalized spacial score (nSPS) is 11.7. The van der Waals surface area contributed by atoms with Crippen LogP contribution in [0, 0.1) is 0 Å². The van der Waals surface area contributed by atoms with Gasteiger partial charge in [0.1, 0.15) is 11.6 Å². The van der Waals surface area contributed by atoms with Gasteiger partial charge in [-0.15, -0.1) is 16.8 Å². The summed E-state index contributed by atoms with van der Waals surface area (Å²) in [4.78, 5) is 16.3. The minimum atomic E-state index is -0.451. The summed E-state index contributed by atoms with van der Waals surface area (Å²) in [7, 11) is 0. The Labute approximate surface area is 198 Å². The van der Waals surface area contributed by atoms with E-state index in [4.69, 9.17) is 39.5 Å². The van der Waals surface area contributed by atoms with Crippen molar-refractivity contribution in [3.05, 3.63) is 70.1 Å². The Kier molecular flexibility index (Phi) is 8.20. The summed E-state index contributed by atoms with van der Waals surface area (Å²) in [6.07, 6.45) is 2.73. The summed E-state index contributed by atoms with van der Waals surface area (Å²) in [6.45, 7) is 6.07. The van der Waals surface area contributed by atoms with Crippen LogP contribution in [0.3, 0.4) is 0 Å². The molecule has 1 amide bonds. The lowest BCUT2D eigenvalue weighted by Gasteiger charge is -2.16. The molecule has 1 N–H and O–H groups in total. The van der Waals surface area contributed by atoms with Crippen LogP contribution in [0.5, 0.6) is 5.75 Å². The fraction of sp³-hybridized carbons (Fsp3) is 0.200. The van der Waals surface area contributed by atoms with Crippen LogP contribution in [0.25, 0.3) is 0 Å². The molecule has 0 spiro atoms. The maximum absolute atomic E-state index is 12.3. The molecule has 1 aromatic carbocycles. The molecule has 1 atom stereocenters. The van der Waals surface area contributed by atoms with E-state index in [0.717, 1.165) is 0 Å². The molecule has 2 heterocycles. The number of amides is 1. The molecule has 2 aromatic heterocycles. The first kappa shape index (κ1) is 23.4.